The summed E-state index contributed by atoms with van der Waals surface area (Å²) in [6.45, 7) is 5.11. The second-order valence-electron chi connectivity index (χ2n) is 8.29. The Hall–Kier alpha value is -2.78. The molecule has 1 amide bonds. The quantitative estimate of drug-likeness (QED) is 0.569. The van der Waals surface area contributed by atoms with Crippen molar-refractivity contribution in [3.63, 3.8) is 0 Å². The first-order valence-corrected chi connectivity index (χ1v) is 12.9. The fraction of sp³-hybridized carbons (Fsp3) is 0.458. The number of nitrogens with one attached hydrogen (secondary N) is 1. The van der Waals surface area contributed by atoms with Gasteiger partial charge in [0.15, 0.2) is 11.5 Å². The lowest BCUT2D eigenvalue weighted by molar-refractivity contribution is -0.122. The molecule has 1 atom stereocenters. The highest BCUT2D eigenvalue weighted by Crippen LogP contribution is 2.33. The molecule has 9 heteroatoms. The SMILES string of the molecule is COc1ccc(N([C@@H](C)C(=O)NCc2ccc(CN3CCCC3)cc2)S(C)(=O)=O)cc1OC. The van der Waals surface area contributed by atoms with Crippen LogP contribution in [0.5, 0.6) is 11.5 Å². The minimum absolute atomic E-state index is 0.316. The average Bonchev–Trinajstić information content (AvgIpc) is 3.30. The maximum Gasteiger partial charge on any atom is 0.243 e. The predicted octanol–water partition coefficient (Wildman–Crippen LogP) is 2.77. The number of sulfonamides is 1. The Bertz CT molecular complexity index is 1050. The van der Waals surface area contributed by atoms with Gasteiger partial charge in [0.1, 0.15) is 6.04 Å². The standard InChI is InChI=1S/C24H33N3O5S/c1-18(27(33(4,29)30)21-11-12-22(31-2)23(15-21)32-3)24(28)25-16-19-7-9-20(10-8-19)17-26-13-5-6-14-26/h7-12,15,18H,5-6,13-14,16-17H2,1-4H3,(H,25,28)/t18-/m0/s1. The van der Waals surface area contributed by atoms with Gasteiger partial charge in [-0.3, -0.25) is 14.0 Å². The molecular formula is C24H33N3O5S. The van der Waals surface area contributed by atoms with E-state index in [0.29, 0.717) is 23.7 Å². The van der Waals surface area contributed by atoms with E-state index in [1.807, 2.05) is 12.1 Å². The van der Waals surface area contributed by atoms with E-state index in [0.717, 1.165) is 35.8 Å². The van der Waals surface area contributed by atoms with E-state index in [4.69, 9.17) is 9.47 Å². The topological polar surface area (TPSA) is 88.2 Å². The van der Waals surface area contributed by atoms with Crippen LogP contribution in [0.25, 0.3) is 0 Å². The van der Waals surface area contributed by atoms with Crippen LogP contribution in [0.4, 0.5) is 5.69 Å². The van der Waals surface area contributed by atoms with E-state index in [1.54, 1.807) is 25.1 Å². The van der Waals surface area contributed by atoms with Crippen molar-refractivity contribution in [2.24, 2.45) is 0 Å². The van der Waals surface area contributed by atoms with Gasteiger partial charge >= 0.3 is 0 Å². The monoisotopic (exact) mass is 475 g/mol. The molecule has 0 bridgehead atoms. The summed E-state index contributed by atoms with van der Waals surface area (Å²) >= 11 is 0. The Morgan fingerprint density at radius 2 is 1.64 bits per heavy atom. The third-order valence-corrected chi connectivity index (χ3v) is 7.05. The molecule has 0 aromatic heterocycles. The smallest absolute Gasteiger partial charge is 0.243 e. The summed E-state index contributed by atoms with van der Waals surface area (Å²) in [6, 6.07) is 11.9. The Labute approximate surface area is 196 Å². The highest BCUT2D eigenvalue weighted by atomic mass is 32.2. The van der Waals surface area contributed by atoms with Gasteiger partial charge in [0.05, 0.1) is 26.2 Å². The first kappa shape index (κ1) is 24.9. The Kier molecular flexibility index (Phi) is 8.20. The largest absolute Gasteiger partial charge is 0.493 e. The van der Waals surface area contributed by atoms with Crippen LogP contribution in [0.15, 0.2) is 42.5 Å². The van der Waals surface area contributed by atoms with E-state index in [9.17, 15) is 13.2 Å². The molecule has 1 N–H and O–H groups in total. The van der Waals surface area contributed by atoms with Gasteiger partial charge in [0.25, 0.3) is 0 Å². The molecule has 3 rings (SSSR count). The van der Waals surface area contributed by atoms with Crippen LogP contribution in [0.1, 0.15) is 30.9 Å². The zero-order valence-corrected chi connectivity index (χ0v) is 20.5. The number of anilines is 1. The molecule has 1 aliphatic heterocycles. The molecule has 1 aliphatic rings. The number of nitrogens with zero attached hydrogens (tertiary/aromatic N) is 2. The molecule has 1 fully saturated rings. The number of hydrogen-bond donors (Lipinski definition) is 1. The van der Waals surface area contributed by atoms with Crippen LogP contribution in [0, 0.1) is 0 Å². The van der Waals surface area contributed by atoms with Crippen molar-refractivity contribution in [1.29, 1.82) is 0 Å². The normalized spacial score (nSPS) is 15.2. The molecule has 1 heterocycles. The first-order valence-electron chi connectivity index (χ1n) is 11.0. The summed E-state index contributed by atoms with van der Waals surface area (Å²) in [6.07, 6.45) is 3.60. The van der Waals surface area contributed by atoms with Crippen molar-refractivity contribution >= 4 is 21.6 Å². The van der Waals surface area contributed by atoms with Crippen molar-refractivity contribution in [3.8, 4) is 11.5 Å². The van der Waals surface area contributed by atoms with Gasteiger partial charge in [-0.05, 0) is 56.1 Å². The van der Waals surface area contributed by atoms with Gasteiger partial charge in [-0.25, -0.2) is 8.42 Å². The molecule has 2 aromatic rings. The van der Waals surface area contributed by atoms with Crippen molar-refractivity contribution in [2.75, 3.05) is 37.9 Å². The van der Waals surface area contributed by atoms with E-state index in [-0.39, 0.29) is 0 Å². The van der Waals surface area contributed by atoms with Crippen molar-refractivity contribution in [2.45, 2.75) is 38.9 Å². The van der Waals surface area contributed by atoms with Crippen LogP contribution < -0.4 is 19.1 Å². The Balaban J connectivity index is 1.67. The van der Waals surface area contributed by atoms with Crippen LogP contribution in [-0.2, 0) is 27.9 Å². The van der Waals surface area contributed by atoms with E-state index >= 15 is 0 Å². The maximum absolute atomic E-state index is 12.9. The summed E-state index contributed by atoms with van der Waals surface area (Å²) in [5.41, 5.74) is 2.53. The zero-order chi connectivity index (χ0) is 24.0. The molecule has 0 unspecified atom stereocenters. The number of amides is 1. The van der Waals surface area contributed by atoms with Gasteiger partial charge < -0.3 is 14.8 Å². The number of benzene rings is 2. The predicted molar refractivity (Wildman–Crippen MR) is 129 cm³/mol. The summed E-state index contributed by atoms with van der Waals surface area (Å²) in [5, 5.41) is 2.85. The van der Waals surface area contributed by atoms with E-state index in [2.05, 4.69) is 22.3 Å². The molecule has 1 saturated heterocycles. The molecule has 0 spiro atoms. The van der Waals surface area contributed by atoms with Crippen molar-refractivity contribution in [3.05, 3.63) is 53.6 Å². The van der Waals surface area contributed by atoms with Crippen LogP contribution in [-0.4, -0.2) is 58.8 Å². The number of likely N-dealkylation sites (tertiary alicyclic amines) is 1. The van der Waals surface area contributed by atoms with Crippen molar-refractivity contribution < 1.29 is 22.7 Å². The number of carbonyl (C=O) groups is 1. The number of hydrogen-bond acceptors (Lipinski definition) is 6. The van der Waals surface area contributed by atoms with Gasteiger partial charge in [-0.1, -0.05) is 24.3 Å². The Morgan fingerprint density at radius 3 is 2.21 bits per heavy atom. The first-order chi connectivity index (χ1) is 15.7. The lowest BCUT2D eigenvalue weighted by atomic mass is 10.1. The lowest BCUT2D eigenvalue weighted by Crippen LogP contribution is -2.47. The summed E-state index contributed by atoms with van der Waals surface area (Å²) in [4.78, 5) is 15.3. The van der Waals surface area contributed by atoms with Crippen LogP contribution in [0.2, 0.25) is 0 Å². The van der Waals surface area contributed by atoms with E-state index in [1.165, 1.54) is 32.6 Å². The average molecular weight is 476 g/mol. The molecule has 0 radical (unpaired) electrons. The number of ether oxygens (including phenoxy) is 2. The highest BCUT2D eigenvalue weighted by Gasteiger charge is 2.29. The second kappa shape index (κ2) is 10.9. The lowest BCUT2D eigenvalue weighted by Gasteiger charge is -2.28. The molecule has 0 saturated carbocycles. The summed E-state index contributed by atoms with van der Waals surface area (Å²) in [5.74, 6) is 0.460. The maximum atomic E-state index is 12.9. The van der Waals surface area contributed by atoms with Crippen LogP contribution >= 0.6 is 0 Å². The number of carbonyl (C=O) groups excluding carboxylic acids is 1. The van der Waals surface area contributed by atoms with Gasteiger partial charge in [-0.2, -0.15) is 0 Å². The van der Waals surface area contributed by atoms with Crippen LogP contribution in [0.3, 0.4) is 0 Å². The fourth-order valence-corrected chi connectivity index (χ4v) is 5.24. The molecule has 8 nitrogen and oxygen atoms in total. The molecule has 33 heavy (non-hydrogen) atoms. The molecular weight excluding hydrogens is 442 g/mol. The molecule has 0 aliphatic carbocycles. The van der Waals surface area contributed by atoms with Crippen molar-refractivity contribution in [1.82, 2.24) is 10.2 Å². The highest BCUT2D eigenvalue weighted by molar-refractivity contribution is 7.92. The third kappa shape index (κ3) is 6.39. The third-order valence-electron chi connectivity index (χ3n) is 5.80. The summed E-state index contributed by atoms with van der Waals surface area (Å²) < 4.78 is 36.7. The minimum Gasteiger partial charge on any atom is -0.493 e. The number of rotatable bonds is 10. The number of methoxy groups -OCH3 is 2. The van der Waals surface area contributed by atoms with Gasteiger partial charge in [-0.15, -0.1) is 0 Å². The second-order valence-corrected chi connectivity index (χ2v) is 10.2. The molecule has 180 valence electrons. The molecule has 2 aromatic carbocycles. The summed E-state index contributed by atoms with van der Waals surface area (Å²) in [7, 11) is -0.763. The zero-order valence-electron chi connectivity index (χ0n) is 19.7. The minimum atomic E-state index is -3.74. The van der Waals surface area contributed by atoms with Gasteiger partial charge in [0.2, 0.25) is 15.9 Å². The van der Waals surface area contributed by atoms with Gasteiger partial charge in [0, 0.05) is 19.2 Å². The Morgan fingerprint density at radius 1 is 1.03 bits per heavy atom. The fourth-order valence-electron chi connectivity index (χ4n) is 4.07. The van der Waals surface area contributed by atoms with E-state index < -0.39 is 22.0 Å².